The van der Waals surface area contributed by atoms with Crippen LogP contribution in [0.25, 0.3) is 5.52 Å². The van der Waals surface area contributed by atoms with Gasteiger partial charge in [0.1, 0.15) is 5.69 Å². The average Bonchev–Trinajstić information content (AvgIpc) is 2.97. The minimum Gasteiger partial charge on any atom is -0.367 e. The second kappa shape index (κ2) is 8.89. The van der Waals surface area contributed by atoms with E-state index in [-0.39, 0.29) is 0 Å². The van der Waals surface area contributed by atoms with E-state index in [1.54, 1.807) is 7.11 Å². The Morgan fingerprint density at radius 3 is 2.83 bits per heavy atom. The van der Waals surface area contributed by atoms with Gasteiger partial charge in [-0.05, 0) is 57.5 Å². The van der Waals surface area contributed by atoms with Gasteiger partial charge in [0.05, 0.1) is 12.6 Å². The van der Waals surface area contributed by atoms with Gasteiger partial charge in [-0.15, -0.1) is 5.10 Å². The van der Waals surface area contributed by atoms with Crippen LogP contribution in [0.4, 0.5) is 11.5 Å². The standard InChI is InChI=1S/C18H29N5O/c1-24-21-17-16-10-4-9-15-23(16)20-18(17)19-11-5-2-6-12-22-13-7-3-8-14-22/h4,9-10,15,21H,2-3,5-8,11-14H2,1H3,(H,19,20). The number of likely N-dealkylation sites (tertiary alicyclic amines) is 1. The number of pyridine rings is 1. The molecule has 0 saturated carbocycles. The Morgan fingerprint density at radius 1 is 1.12 bits per heavy atom. The summed E-state index contributed by atoms with van der Waals surface area (Å²) in [6.45, 7) is 4.78. The summed E-state index contributed by atoms with van der Waals surface area (Å²) < 4.78 is 1.86. The van der Waals surface area contributed by atoms with E-state index in [0.29, 0.717) is 0 Å². The molecule has 1 fully saturated rings. The van der Waals surface area contributed by atoms with E-state index in [4.69, 9.17) is 4.84 Å². The number of hydrogen-bond donors (Lipinski definition) is 2. The van der Waals surface area contributed by atoms with Gasteiger partial charge in [-0.1, -0.05) is 18.9 Å². The molecule has 132 valence electrons. The number of piperidine rings is 1. The van der Waals surface area contributed by atoms with Gasteiger partial charge in [-0.2, -0.15) is 0 Å². The Bertz CT molecular complexity index is 621. The fraction of sp³-hybridized carbons (Fsp3) is 0.611. The second-order valence-electron chi connectivity index (χ2n) is 6.45. The van der Waals surface area contributed by atoms with Crippen molar-refractivity contribution >= 4 is 17.0 Å². The third kappa shape index (κ3) is 4.39. The largest absolute Gasteiger partial charge is 0.367 e. The zero-order valence-electron chi connectivity index (χ0n) is 14.6. The average molecular weight is 331 g/mol. The number of nitrogens with zero attached hydrogens (tertiary/aromatic N) is 3. The Kier molecular flexibility index (Phi) is 6.32. The fourth-order valence-corrected chi connectivity index (χ4v) is 3.35. The highest BCUT2D eigenvalue weighted by atomic mass is 16.6. The van der Waals surface area contributed by atoms with Crippen LogP contribution in [0.15, 0.2) is 24.4 Å². The number of rotatable bonds is 9. The topological polar surface area (TPSA) is 53.8 Å². The number of anilines is 2. The van der Waals surface area contributed by atoms with Gasteiger partial charge in [0, 0.05) is 12.7 Å². The van der Waals surface area contributed by atoms with E-state index in [1.165, 1.54) is 51.7 Å². The minimum absolute atomic E-state index is 0.846. The SMILES string of the molecule is CONc1c(NCCCCCN2CCCCC2)nn2ccccc12. The van der Waals surface area contributed by atoms with E-state index in [1.807, 2.05) is 28.9 Å². The lowest BCUT2D eigenvalue weighted by atomic mass is 10.1. The maximum atomic E-state index is 5.10. The molecule has 0 radical (unpaired) electrons. The number of hydrogen-bond acceptors (Lipinski definition) is 5. The summed E-state index contributed by atoms with van der Waals surface area (Å²) in [5, 5.41) is 8.02. The van der Waals surface area contributed by atoms with Crippen molar-refractivity contribution in [2.45, 2.75) is 38.5 Å². The first-order valence-corrected chi connectivity index (χ1v) is 9.11. The van der Waals surface area contributed by atoms with Crippen LogP contribution < -0.4 is 10.8 Å². The second-order valence-corrected chi connectivity index (χ2v) is 6.45. The van der Waals surface area contributed by atoms with Gasteiger partial charge in [0.15, 0.2) is 5.82 Å². The molecule has 2 aromatic rings. The van der Waals surface area contributed by atoms with Crippen molar-refractivity contribution in [3.63, 3.8) is 0 Å². The van der Waals surface area contributed by atoms with E-state index in [9.17, 15) is 0 Å². The van der Waals surface area contributed by atoms with Crippen LogP contribution in [0.2, 0.25) is 0 Å². The smallest absolute Gasteiger partial charge is 0.174 e. The van der Waals surface area contributed by atoms with Crippen molar-refractivity contribution in [2.24, 2.45) is 0 Å². The van der Waals surface area contributed by atoms with E-state index in [0.717, 1.165) is 30.0 Å². The highest BCUT2D eigenvalue weighted by Gasteiger charge is 2.12. The Labute approximate surface area is 144 Å². The highest BCUT2D eigenvalue weighted by molar-refractivity contribution is 5.82. The number of unbranched alkanes of at least 4 members (excludes halogenated alkanes) is 2. The van der Waals surface area contributed by atoms with Gasteiger partial charge < -0.3 is 10.2 Å². The summed E-state index contributed by atoms with van der Waals surface area (Å²) in [6, 6.07) is 6.00. The van der Waals surface area contributed by atoms with Gasteiger partial charge >= 0.3 is 0 Å². The molecular weight excluding hydrogens is 302 g/mol. The van der Waals surface area contributed by atoms with Crippen LogP contribution in [0.3, 0.4) is 0 Å². The molecule has 2 N–H and O–H groups in total. The summed E-state index contributed by atoms with van der Waals surface area (Å²) in [5.74, 6) is 0.846. The van der Waals surface area contributed by atoms with E-state index < -0.39 is 0 Å². The molecule has 0 aromatic carbocycles. The molecule has 0 atom stereocenters. The zero-order valence-corrected chi connectivity index (χ0v) is 14.6. The molecule has 6 heteroatoms. The fourth-order valence-electron chi connectivity index (χ4n) is 3.35. The normalized spacial score (nSPS) is 15.7. The monoisotopic (exact) mass is 331 g/mol. The van der Waals surface area contributed by atoms with Crippen LogP contribution in [-0.2, 0) is 4.84 Å². The van der Waals surface area contributed by atoms with Crippen molar-refractivity contribution in [2.75, 3.05) is 44.1 Å². The first-order chi connectivity index (χ1) is 11.9. The summed E-state index contributed by atoms with van der Waals surface area (Å²) in [4.78, 5) is 7.71. The Hall–Kier alpha value is -1.79. The molecule has 3 rings (SSSR count). The van der Waals surface area contributed by atoms with Crippen molar-refractivity contribution in [1.82, 2.24) is 14.5 Å². The van der Waals surface area contributed by atoms with Crippen LogP contribution in [0.5, 0.6) is 0 Å². The molecule has 0 spiro atoms. The predicted octanol–water partition coefficient (Wildman–Crippen LogP) is 3.38. The molecule has 3 heterocycles. The van der Waals surface area contributed by atoms with Crippen molar-refractivity contribution in [3.05, 3.63) is 24.4 Å². The third-order valence-electron chi connectivity index (χ3n) is 4.64. The minimum atomic E-state index is 0.846. The van der Waals surface area contributed by atoms with E-state index >= 15 is 0 Å². The lowest BCUT2D eigenvalue weighted by Crippen LogP contribution is -2.30. The molecule has 1 aliphatic rings. The third-order valence-corrected chi connectivity index (χ3v) is 4.64. The van der Waals surface area contributed by atoms with Gasteiger partial charge in [-0.3, -0.25) is 10.3 Å². The van der Waals surface area contributed by atoms with Crippen LogP contribution in [0, 0.1) is 0 Å². The lowest BCUT2D eigenvalue weighted by Gasteiger charge is -2.26. The number of aromatic nitrogens is 2. The van der Waals surface area contributed by atoms with Gasteiger partial charge in [0.2, 0.25) is 0 Å². The number of nitrogens with one attached hydrogen (secondary N) is 2. The Balaban J connectivity index is 1.43. The van der Waals surface area contributed by atoms with Crippen LogP contribution in [-0.4, -0.2) is 47.8 Å². The summed E-state index contributed by atoms with van der Waals surface area (Å²) in [7, 11) is 1.62. The molecule has 24 heavy (non-hydrogen) atoms. The molecule has 0 amide bonds. The molecule has 2 aromatic heterocycles. The summed E-state index contributed by atoms with van der Waals surface area (Å²) in [5.41, 5.74) is 4.84. The molecule has 0 unspecified atom stereocenters. The molecule has 1 saturated heterocycles. The van der Waals surface area contributed by atoms with Crippen LogP contribution >= 0.6 is 0 Å². The molecular formula is C18H29N5O. The first-order valence-electron chi connectivity index (χ1n) is 9.11. The van der Waals surface area contributed by atoms with E-state index in [2.05, 4.69) is 20.8 Å². The summed E-state index contributed by atoms with van der Waals surface area (Å²) in [6.07, 6.45) is 9.82. The maximum Gasteiger partial charge on any atom is 0.174 e. The van der Waals surface area contributed by atoms with Crippen molar-refractivity contribution in [3.8, 4) is 0 Å². The number of fused-ring (bicyclic) bond motifs is 1. The molecule has 0 bridgehead atoms. The molecule has 1 aliphatic heterocycles. The van der Waals surface area contributed by atoms with Crippen molar-refractivity contribution < 1.29 is 4.84 Å². The van der Waals surface area contributed by atoms with Crippen LogP contribution in [0.1, 0.15) is 38.5 Å². The lowest BCUT2D eigenvalue weighted by molar-refractivity contribution is 0.224. The quantitative estimate of drug-likeness (QED) is 0.545. The van der Waals surface area contributed by atoms with Gasteiger partial charge in [-0.25, -0.2) is 4.52 Å². The maximum absolute atomic E-state index is 5.10. The molecule has 6 nitrogen and oxygen atoms in total. The first kappa shape index (κ1) is 17.0. The Morgan fingerprint density at radius 2 is 2.00 bits per heavy atom. The highest BCUT2D eigenvalue weighted by Crippen LogP contribution is 2.26. The zero-order chi connectivity index (χ0) is 16.6. The van der Waals surface area contributed by atoms with Crippen molar-refractivity contribution in [1.29, 1.82) is 0 Å². The predicted molar refractivity (Wildman–Crippen MR) is 98.5 cm³/mol. The van der Waals surface area contributed by atoms with Gasteiger partial charge in [0.25, 0.3) is 0 Å². The summed E-state index contributed by atoms with van der Waals surface area (Å²) >= 11 is 0. The molecule has 0 aliphatic carbocycles.